The summed E-state index contributed by atoms with van der Waals surface area (Å²) in [7, 11) is 0. The largest absolute Gasteiger partial charge is 0.368 e. The zero-order chi connectivity index (χ0) is 13.8. The fraction of sp³-hybridized carbons (Fsp3) is 0.667. The molecule has 0 N–H and O–H groups in total. The molecule has 0 aromatic carbocycles. The summed E-state index contributed by atoms with van der Waals surface area (Å²) in [6.07, 6.45) is 13.0. The van der Waals surface area contributed by atoms with Gasteiger partial charge in [-0.2, -0.15) is 0 Å². The molecule has 1 fully saturated rings. The van der Waals surface area contributed by atoms with Crippen molar-refractivity contribution in [2.24, 2.45) is 11.8 Å². The topological polar surface area (TPSA) is 3.24 Å². The SMILES string of the molecule is C=CCC/C=C\CN1C(C)=C(C)C2C[C@H](C)CCC21. The van der Waals surface area contributed by atoms with Crippen molar-refractivity contribution >= 4 is 0 Å². The first kappa shape index (κ1) is 14.4. The minimum absolute atomic E-state index is 0.778. The Morgan fingerprint density at radius 3 is 2.74 bits per heavy atom. The van der Waals surface area contributed by atoms with E-state index in [4.69, 9.17) is 0 Å². The molecule has 2 unspecified atom stereocenters. The van der Waals surface area contributed by atoms with Crippen LogP contribution < -0.4 is 0 Å². The first-order chi connectivity index (χ1) is 9.15. The van der Waals surface area contributed by atoms with E-state index in [0.29, 0.717) is 0 Å². The summed E-state index contributed by atoms with van der Waals surface area (Å²) in [4.78, 5) is 2.65. The van der Waals surface area contributed by atoms with Gasteiger partial charge in [0, 0.05) is 24.2 Å². The standard InChI is InChI=1S/C18H29N/c1-5-6-7-8-9-12-19-16(4)15(3)17-13-14(2)10-11-18(17)19/h5,8-9,14,17-18H,1,6-7,10-13H2,2-4H3/b9-8-/t14-,17?,18?/m1/s1. The van der Waals surface area contributed by atoms with E-state index in [9.17, 15) is 0 Å². The Hall–Kier alpha value is -0.980. The van der Waals surface area contributed by atoms with Crippen LogP contribution in [0.1, 0.15) is 52.9 Å². The van der Waals surface area contributed by atoms with Gasteiger partial charge in [-0.05, 0) is 57.4 Å². The lowest BCUT2D eigenvalue weighted by atomic mass is 9.77. The summed E-state index contributed by atoms with van der Waals surface area (Å²) < 4.78 is 0. The van der Waals surface area contributed by atoms with Crippen LogP contribution in [0, 0.1) is 11.8 Å². The monoisotopic (exact) mass is 259 g/mol. The molecule has 1 heteroatoms. The summed E-state index contributed by atoms with van der Waals surface area (Å²) >= 11 is 0. The third kappa shape index (κ3) is 3.13. The van der Waals surface area contributed by atoms with Crippen molar-refractivity contribution in [3.05, 3.63) is 36.1 Å². The van der Waals surface area contributed by atoms with Crippen LogP contribution in [-0.4, -0.2) is 17.5 Å². The van der Waals surface area contributed by atoms with E-state index < -0.39 is 0 Å². The van der Waals surface area contributed by atoms with E-state index in [-0.39, 0.29) is 0 Å². The second-order valence-corrected chi connectivity index (χ2v) is 6.35. The van der Waals surface area contributed by atoms with E-state index >= 15 is 0 Å². The van der Waals surface area contributed by atoms with Crippen molar-refractivity contribution in [2.45, 2.75) is 58.9 Å². The molecule has 0 bridgehead atoms. The molecule has 3 atom stereocenters. The second kappa shape index (κ2) is 6.45. The minimum atomic E-state index is 0.778. The summed E-state index contributed by atoms with van der Waals surface area (Å²) in [5.41, 5.74) is 3.19. The smallest absolute Gasteiger partial charge is 0.0359 e. The Kier molecular flexibility index (Phi) is 4.90. The van der Waals surface area contributed by atoms with Gasteiger partial charge in [0.2, 0.25) is 0 Å². The Morgan fingerprint density at radius 2 is 2.00 bits per heavy atom. The first-order valence-electron chi connectivity index (χ1n) is 7.85. The molecule has 0 spiro atoms. The molecule has 1 aliphatic carbocycles. The van der Waals surface area contributed by atoms with E-state index in [1.807, 2.05) is 6.08 Å². The number of nitrogens with zero attached hydrogens (tertiary/aromatic N) is 1. The van der Waals surface area contributed by atoms with Crippen molar-refractivity contribution in [3.63, 3.8) is 0 Å². The summed E-state index contributed by atoms with van der Waals surface area (Å²) in [6, 6.07) is 0.778. The highest BCUT2D eigenvalue weighted by Gasteiger charge is 2.39. The molecule has 0 amide bonds. The Bertz CT molecular complexity index is 377. The summed E-state index contributed by atoms with van der Waals surface area (Å²) in [6.45, 7) is 11.9. The number of allylic oxidation sites excluding steroid dienone is 3. The fourth-order valence-electron chi connectivity index (χ4n) is 3.74. The molecule has 2 rings (SSSR count). The lowest BCUT2D eigenvalue weighted by molar-refractivity contribution is 0.173. The quantitative estimate of drug-likeness (QED) is 0.500. The third-order valence-electron chi connectivity index (χ3n) is 5.04. The normalized spacial score (nSPS) is 31.1. The highest BCUT2D eigenvalue weighted by Crippen LogP contribution is 2.43. The molecular weight excluding hydrogens is 230 g/mol. The third-order valence-corrected chi connectivity index (χ3v) is 5.04. The molecule has 0 radical (unpaired) electrons. The molecule has 0 saturated heterocycles. The van der Waals surface area contributed by atoms with Gasteiger partial charge in [0.25, 0.3) is 0 Å². The number of hydrogen-bond donors (Lipinski definition) is 0. The van der Waals surface area contributed by atoms with E-state index in [1.165, 1.54) is 25.0 Å². The Balaban J connectivity index is 1.97. The van der Waals surface area contributed by atoms with Crippen molar-refractivity contribution in [1.82, 2.24) is 4.90 Å². The van der Waals surface area contributed by atoms with Gasteiger partial charge in [0.1, 0.15) is 0 Å². The van der Waals surface area contributed by atoms with Crippen LogP contribution in [0.2, 0.25) is 0 Å². The highest BCUT2D eigenvalue weighted by molar-refractivity contribution is 5.24. The van der Waals surface area contributed by atoms with Gasteiger partial charge in [0.05, 0.1) is 0 Å². The number of hydrogen-bond acceptors (Lipinski definition) is 1. The maximum Gasteiger partial charge on any atom is 0.0359 e. The molecule has 2 aliphatic rings. The highest BCUT2D eigenvalue weighted by atomic mass is 15.2. The summed E-state index contributed by atoms with van der Waals surface area (Å²) in [5.74, 6) is 1.73. The van der Waals surface area contributed by atoms with E-state index in [0.717, 1.165) is 37.3 Å². The predicted octanol–water partition coefficient (Wildman–Crippen LogP) is 4.92. The molecule has 0 aromatic rings. The number of fused-ring (bicyclic) bond motifs is 1. The van der Waals surface area contributed by atoms with Gasteiger partial charge < -0.3 is 4.90 Å². The molecule has 0 aromatic heterocycles. The maximum absolute atomic E-state index is 3.77. The van der Waals surface area contributed by atoms with Gasteiger partial charge in [-0.25, -0.2) is 0 Å². The lowest BCUT2D eigenvalue weighted by Gasteiger charge is -2.36. The zero-order valence-corrected chi connectivity index (χ0v) is 12.9. The van der Waals surface area contributed by atoms with Crippen molar-refractivity contribution in [1.29, 1.82) is 0 Å². The van der Waals surface area contributed by atoms with Crippen LogP contribution in [0.25, 0.3) is 0 Å². The Labute approximate surface area is 119 Å². The van der Waals surface area contributed by atoms with Crippen LogP contribution in [0.15, 0.2) is 36.1 Å². The van der Waals surface area contributed by atoms with Crippen LogP contribution in [-0.2, 0) is 0 Å². The zero-order valence-electron chi connectivity index (χ0n) is 12.9. The van der Waals surface area contributed by atoms with Crippen LogP contribution in [0.4, 0.5) is 0 Å². The average molecular weight is 259 g/mol. The van der Waals surface area contributed by atoms with Gasteiger partial charge in [-0.15, -0.1) is 6.58 Å². The van der Waals surface area contributed by atoms with Crippen LogP contribution in [0.3, 0.4) is 0 Å². The molecular formula is C18H29N. The molecule has 19 heavy (non-hydrogen) atoms. The maximum atomic E-state index is 3.77. The lowest BCUT2D eigenvalue weighted by Crippen LogP contribution is -2.37. The van der Waals surface area contributed by atoms with Crippen LogP contribution >= 0.6 is 0 Å². The van der Waals surface area contributed by atoms with Gasteiger partial charge in [-0.3, -0.25) is 0 Å². The molecule has 1 heterocycles. The molecule has 1 aliphatic heterocycles. The van der Waals surface area contributed by atoms with Crippen molar-refractivity contribution in [2.75, 3.05) is 6.54 Å². The van der Waals surface area contributed by atoms with E-state index in [1.54, 1.807) is 5.57 Å². The van der Waals surface area contributed by atoms with E-state index in [2.05, 4.69) is 44.4 Å². The summed E-state index contributed by atoms with van der Waals surface area (Å²) in [5, 5.41) is 0. The molecule has 106 valence electrons. The average Bonchev–Trinajstić information content (AvgIpc) is 2.63. The van der Waals surface area contributed by atoms with Crippen molar-refractivity contribution < 1.29 is 0 Å². The van der Waals surface area contributed by atoms with Crippen LogP contribution in [0.5, 0.6) is 0 Å². The molecule has 1 saturated carbocycles. The predicted molar refractivity (Wildman–Crippen MR) is 83.9 cm³/mol. The second-order valence-electron chi connectivity index (χ2n) is 6.35. The number of unbranched alkanes of at least 4 members (excludes halogenated alkanes) is 1. The van der Waals surface area contributed by atoms with Gasteiger partial charge >= 0.3 is 0 Å². The number of rotatable bonds is 5. The fourth-order valence-corrected chi connectivity index (χ4v) is 3.74. The Morgan fingerprint density at radius 1 is 1.21 bits per heavy atom. The molecule has 1 nitrogen and oxygen atoms in total. The first-order valence-corrected chi connectivity index (χ1v) is 7.85. The van der Waals surface area contributed by atoms with Gasteiger partial charge in [0.15, 0.2) is 0 Å². The van der Waals surface area contributed by atoms with Crippen molar-refractivity contribution in [3.8, 4) is 0 Å². The van der Waals surface area contributed by atoms with Gasteiger partial charge in [-0.1, -0.05) is 25.2 Å². The minimum Gasteiger partial charge on any atom is -0.368 e.